The molecule has 1 N–H and O–H groups in total. The monoisotopic (exact) mass is 277 g/mol. The SMILES string of the molecule is Fc1ccc(Cn2cncc2C2CCNCC2)c(F)c1. The summed E-state index contributed by atoms with van der Waals surface area (Å²) in [5.74, 6) is -0.590. The molecule has 5 heteroatoms. The van der Waals surface area contributed by atoms with Gasteiger partial charge in [-0.3, -0.25) is 0 Å². The fourth-order valence-electron chi connectivity index (χ4n) is 2.75. The van der Waals surface area contributed by atoms with Crippen LogP contribution in [0, 0.1) is 11.6 Å². The molecule has 0 bridgehead atoms. The van der Waals surface area contributed by atoms with E-state index in [-0.39, 0.29) is 0 Å². The van der Waals surface area contributed by atoms with Crippen LogP contribution >= 0.6 is 0 Å². The molecule has 0 radical (unpaired) electrons. The Kier molecular flexibility index (Phi) is 3.78. The zero-order valence-electron chi connectivity index (χ0n) is 11.1. The number of hydrogen-bond acceptors (Lipinski definition) is 2. The van der Waals surface area contributed by atoms with Gasteiger partial charge in [-0.2, -0.15) is 0 Å². The highest BCUT2D eigenvalue weighted by Gasteiger charge is 2.19. The fourth-order valence-corrected chi connectivity index (χ4v) is 2.75. The van der Waals surface area contributed by atoms with Crippen LogP contribution in [0.25, 0.3) is 0 Å². The van der Waals surface area contributed by atoms with Crippen molar-refractivity contribution in [2.24, 2.45) is 0 Å². The van der Waals surface area contributed by atoms with E-state index < -0.39 is 11.6 Å². The van der Waals surface area contributed by atoms with Gasteiger partial charge in [0.2, 0.25) is 0 Å². The lowest BCUT2D eigenvalue weighted by molar-refractivity contribution is 0.441. The summed E-state index contributed by atoms with van der Waals surface area (Å²) in [5, 5.41) is 3.33. The van der Waals surface area contributed by atoms with Crippen molar-refractivity contribution in [3.8, 4) is 0 Å². The summed E-state index contributed by atoms with van der Waals surface area (Å²) in [6, 6.07) is 3.72. The van der Waals surface area contributed by atoms with Crippen LogP contribution in [-0.4, -0.2) is 22.6 Å². The second kappa shape index (κ2) is 5.71. The lowest BCUT2D eigenvalue weighted by Gasteiger charge is -2.23. The molecule has 1 aliphatic rings. The Bertz CT molecular complexity index is 589. The highest BCUT2D eigenvalue weighted by atomic mass is 19.1. The smallest absolute Gasteiger partial charge is 0.131 e. The van der Waals surface area contributed by atoms with Crippen LogP contribution in [0.4, 0.5) is 8.78 Å². The lowest BCUT2D eigenvalue weighted by Crippen LogP contribution is -2.27. The van der Waals surface area contributed by atoms with Crippen molar-refractivity contribution in [2.75, 3.05) is 13.1 Å². The van der Waals surface area contributed by atoms with Crippen molar-refractivity contribution in [2.45, 2.75) is 25.3 Å². The second-order valence-electron chi connectivity index (χ2n) is 5.21. The third kappa shape index (κ3) is 2.72. The van der Waals surface area contributed by atoms with Crippen LogP contribution in [0.1, 0.15) is 30.0 Å². The zero-order valence-corrected chi connectivity index (χ0v) is 11.1. The average molecular weight is 277 g/mol. The van der Waals surface area contributed by atoms with E-state index in [9.17, 15) is 8.78 Å². The predicted octanol–water partition coefficient (Wildman–Crippen LogP) is 2.68. The first-order valence-electron chi connectivity index (χ1n) is 6.88. The summed E-state index contributed by atoms with van der Waals surface area (Å²) >= 11 is 0. The van der Waals surface area contributed by atoms with E-state index in [1.807, 2.05) is 10.8 Å². The molecular formula is C15H17F2N3. The number of rotatable bonds is 3. The number of imidazole rings is 1. The van der Waals surface area contributed by atoms with E-state index >= 15 is 0 Å². The van der Waals surface area contributed by atoms with Gasteiger partial charge in [-0.1, -0.05) is 6.07 Å². The molecule has 1 aromatic heterocycles. The number of nitrogens with one attached hydrogen (secondary N) is 1. The van der Waals surface area contributed by atoms with Gasteiger partial charge < -0.3 is 9.88 Å². The largest absolute Gasteiger partial charge is 0.330 e. The summed E-state index contributed by atoms with van der Waals surface area (Å²) in [6.45, 7) is 2.40. The Labute approximate surface area is 116 Å². The molecule has 20 heavy (non-hydrogen) atoms. The highest BCUT2D eigenvalue weighted by molar-refractivity contribution is 5.20. The zero-order chi connectivity index (χ0) is 13.9. The van der Waals surface area contributed by atoms with Gasteiger partial charge in [0.05, 0.1) is 12.9 Å². The Morgan fingerprint density at radius 3 is 2.80 bits per heavy atom. The summed E-state index contributed by atoms with van der Waals surface area (Å²) in [5.41, 5.74) is 1.62. The number of halogens is 2. The van der Waals surface area contributed by atoms with Crippen LogP contribution in [0.3, 0.4) is 0 Å². The Morgan fingerprint density at radius 1 is 1.25 bits per heavy atom. The first-order chi connectivity index (χ1) is 9.74. The van der Waals surface area contributed by atoms with Gasteiger partial charge in [-0.25, -0.2) is 13.8 Å². The van der Waals surface area contributed by atoms with Gasteiger partial charge in [0, 0.05) is 29.4 Å². The molecule has 2 aromatic rings. The topological polar surface area (TPSA) is 29.9 Å². The average Bonchev–Trinajstić information content (AvgIpc) is 2.91. The van der Waals surface area contributed by atoms with E-state index in [2.05, 4.69) is 10.3 Å². The van der Waals surface area contributed by atoms with Crippen molar-refractivity contribution in [1.82, 2.24) is 14.9 Å². The number of piperidine rings is 1. The maximum absolute atomic E-state index is 13.7. The standard InChI is InChI=1S/C15H17F2N3/c16-13-2-1-12(14(17)7-13)9-20-10-19-8-15(20)11-3-5-18-6-4-11/h1-2,7-8,10-11,18H,3-6,9H2. The second-order valence-corrected chi connectivity index (χ2v) is 5.21. The van der Waals surface area contributed by atoms with E-state index in [1.165, 1.54) is 12.1 Å². The highest BCUT2D eigenvalue weighted by Crippen LogP contribution is 2.25. The minimum atomic E-state index is -0.546. The fraction of sp³-hybridized carbons (Fsp3) is 0.400. The van der Waals surface area contributed by atoms with Crippen LogP contribution in [-0.2, 0) is 6.54 Å². The molecule has 0 saturated carbocycles. The van der Waals surface area contributed by atoms with Gasteiger partial charge in [0.15, 0.2) is 0 Å². The number of hydrogen-bond donors (Lipinski definition) is 1. The molecule has 0 spiro atoms. The Hall–Kier alpha value is -1.75. The maximum Gasteiger partial charge on any atom is 0.131 e. The van der Waals surface area contributed by atoms with Gasteiger partial charge >= 0.3 is 0 Å². The molecule has 1 saturated heterocycles. The third-order valence-corrected chi connectivity index (χ3v) is 3.86. The molecule has 1 aromatic carbocycles. The van der Waals surface area contributed by atoms with Crippen molar-refractivity contribution < 1.29 is 8.78 Å². The van der Waals surface area contributed by atoms with Crippen molar-refractivity contribution in [1.29, 1.82) is 0 Å². The quantitative estimate of drug-likeness (QED) is 0.934. The normalized spacial score (nSPS) is 16.5. The maximum atomic E-state index is 13.7. The van der Waals surface area contributed by atoms with Crippen molar-refractivity contribution in [3.63, 3.8) is 0 Å². The van der Waals surface area contributed by atoms with Gasteiger partial charge in [-0.15, -0.1) is 0 Å². The van der Waals surface area contributed by atoms with Gasteiger partial charge in [0.1, 0.15) is 11.6 Å². The summed E-state index contributed by atoms with van der Waals surface area (Å²) in [4.78, 5) is 4.19. The molecular weight excluding hydrogens is 260 g/mol. The molecule has 1 fully saturated rings. The van der Waals surface area contributed by atoms with E-state index in [1.54, 1.807) is 6.33 Å². The van der Waals surface area contributed by atoms with Crippen molar-refractivity contribution in [3.05, 3.63) is 53.6 Å². The Balaban J connectivity index is 1.82. The van der Waals surface area contributed by atoms with Gasteiger partial charge in [-0.05, 0) is 32.0 Å². The Morgan fingerprint density at radius 2 is 2.05 bits per heavy atom. The molecule has 0 aliphatic carbocycles. The molecule has 106 valence electrons. The molecule has 0 amide bonds. The third-order valence-electron chi connectivity index (χ3n) is 3.86. The first kappa shape index (κ1) is 13.2. The molecule has 2 heterocycles. The number of aromatic nitrogens is 2. The van der Waals surface area contributed by atoms with E-state index in [0.29, 0.717) is 18.0 Å². The minimum absolute atomic E-state index is 0.394. The summed E-state index contributed by atoms with van der Waals surface area (Å²) in [6.07, 6.45) is 5.72. The lowest BCUT2D eigenvalue weighted by atomic mass is 9.95. The van der Waals surface area contributed by atoms with Crippen LogP contribution in [0.15, 0.2) is 30.7 Å². The molecule has 0 atom stereocenters. The van der Waals surface area contributed by atoms with Gasteiger partial charge in [0.25, 0.3) is 0 Å². The predicted molar refractivity (Wildman–Crippen MR) is 72.5 cm³/mol. The van der Waals surface area contributed by atoms with Crippen LogP contribution in [0.2, 0.25) is 0 Å². The number of benzene rings is 1. The molecule has 3 nitrogen and oxygen atoms in total. The van der Waals surface area contributed by atoms with Crippen LogP contribution < -0.4 is 5.32 Å². The molecule has 0 unspecified atom stereocenters. The van der Waals surface area contributed by atoms with Crippen LogP contribution in [0.5, 0.6) is 0 Å². The van der Waals surface area contributed by atoms with E-state index in [0.717, 1.165) is 37.7 Å². The molecule has 1 aliphatic heterocycles. The summed E-state index contributed by atoms with van der Waals surface area (Å²) < 4.78 is 28.6. The summed E-state index contributed by atoms with van der Waals surface area (Å²) in [7, 11) is 0. The number of nitrogens with zero attached hydrogens (tertiary/aromatic N) is 2. The first-order valence-corrected chi connectivity index (χ1v) is 6.88. The molecule has 3 rings (SSSR count). The van der Waals surface area contributed by atoms with E-state index in [4.69, 9.17) is 0 Å². The minimum Gasteiger partial charge on any atom is -0.330 e. The van der Waals surface area contributed by atoms with Crippen molar-refractivity contribution >= 4 is 0 Å².